The van der Waals surface area contributed by atoms with Crippen molar-refractivity contribution in [2.75, 3.05) is 24.3 Å². The van der Waals surface area contributed by atoms with Crippen molar-refractivity contribution in [3.8, 4) is 5.75 Å². The topological polar surface area (TPSA) is 42.4 Å². The molecule has 0 bridgehead atoms. The lowest BCUT2D eigenvalue weighted by Gasteiger charge is -2.19. The summed E-state index contributed by atoms with van der Waals surface area (Å²) in [5.74, 6) is 1.89. The van der Waals surface area contributed by atoms with Gasteiger partial charge in [0.15, 0.2) is 0 Å². The highest BCUT2D eigenvalue weighted by atomic mass is 32.1. The molecule has 1 aliphatic heterocycles. The number of ether oxygens (including phenoxy) is 1. The van der Waals surface area contributed by atoms with Crippen molar-refractivity contribution in [1.29, 1.82) is 0 Å². The first kappa shape index (κ1) is 13.2. The summed E-state index contributed by atoms with van der Waals surface area (Å²) in [6, 6.07) is 7.68. The number of aromatic nitrogens is 1. The monoisotopic (exact) mass is 288 g/mol. The number of rotatable bonds is 3. The summed E-state index contributed by atoms with van der Waals surface area (Å²) >= 11 is 4.30. The maximum Gasteiger partial charge on any atom is 0.227 e. The molecule has 2 aromatic rings. The molecule has 1 aliphatic rings. The Morgan fingerprint density at radius 3 is 3.05 bits per heavy atom. The number of amides is 1. The Bertz CT molecular complexity index is 659. The van der Waals surface area contributed by atoms with Crippen LogP contribution in [0.15, 0.2) is 30.5 Å². The van der Waals surface area contributed by atoms with E-state index in [1.54, 1.807) is 18.2 Å². The zero-order valence-corrected chi connectivity index (χ0v) is 12.1. The molecule has 1 unspecified atom stereocenters. The van der Waals surface area contributed by atoms with Gasteiger partial charge in [0.1, 0.15) is 5.75 Å². The number of nitrogens with zero attached hydrogens (tertiary/aromatic N) is 2. The first-order valence-electron chi connectivity index (χ1n) is 6.57. The summed E-state index contributed by atoms with van der Waals surface area (Å²) in [5, 5.41) is 0.976. The molecule has 1 aromatic heterocycles. The minimum Gasteiger partial charge on any atom is -0.497 e. The van der Waals surface area contributed by atoms with E-state index in [4.69, 9.17) is 4.74 Å². The number of thiol groups is 1. The number of hydrogen-bond donors (Lipinski definition) is 1. The maximum absolute atomic E-state index is 12.2. The molecule has 1 atom stereocenters. The zero-order chi connectivity index (χ0) is 14.1. The Morgan fingerprint density at radius 1 is 1.50 bits per heavy atom. The van der Waals surface area contributed by atoms with Gasteiger partial charge in [-0.1, -0.05) is 6.07 Å². The lowest BCUT2D eigenvalue weighted by molar-refractivity contribution is -0.117. The minimum absolute atomic E-state index is 0.129. The largest absolute Gasteiger partial charge is 0.497 e. The van der Waals surface area contributed by atoms with Gasteiger partial charge in [-0.2, -0.15) is 12.6 Å². The fourth-order valence-corrected chi connectivity index (χ4v) is 2.85. The van der Waals surface area contributed by atoms with Gasteiger partial charge in [-0.3, -0.25) is 9.78 Å². The maximum atomic E-state index is 12.2. The van der Waals surface area contributed by atoms with Crippen LogP contribution in [0.2, 0.25) is 0 Å². The van der Waals surface area contributed by atoms with Crippen LogP contribution in [0.5, 0.6) is 5.75 Å². The van der Waals surface area contributed by atoms with Crippen LogP contribution in [-0.4, -0.2) is 30.3 Å². The van der Waals surface area contributed by atoms with Crippen molar-refractivity contribution in [3.05, 3.63) is 30.5 Å². The molecule has 5 heteroatoms. The summed E-state index contributed by atoms with van der Waals surface area (Å²) in [4.78, 5) is 18.4. The quantitative estimate of drug-likeness (QED) is 0.883. The van der Waals surface area contributed by atoms with Crippen LogP contribution in [0.25, 0.3) is 10.9 Å². The molecule has 0 aliphatic carbocycles. The molecule has 0 spiro atoms. The van der Waals surface area contributed by atoms with Gasteiger partial charge in [0.05, 0.1) is 18.3 Å². The van der Waals surface area contributed by atoms with E-state index >= 15 is 0 Å². The molecule has 20 heavy (non-hydrogen) atoms. The number of carbonyl (C=O) groups is 1. The number of benzene rings is 1. The van der Waals surface area contributed by atoms with Crippen molar-refractivity contribution >= 4 is 35.1 Å². The Kier molecular flexibility index (Phi) is 3.53. The molecule has 104 valence electrons. The molecule has 0 N–H and O–H groups in total. The Morgan fingerprint density at radius 2 is 2.35 bits per heavy atom. The van der Waals surface area contributed by atoms with E-state index in [2.05, 4.69) is 17.6 Å². The van der Waals surface area contributed by atoms with Crippen LogP contribution >= 0.6 is 12.6 Å². The van der Waals surface area contributed by atoms with E-state index in [1.807, 2.05) is 24.3 Å². The Balaban J connectivity index is 2.12. The van der Waals surface area contributed by atoms with Gasteiger partial charge < -0.3 is 9.64 Å². The molecule has 3 rings (SSSR count). The first-order chi connectivity index (χ1) is 9.72. The third-order valence-corrected chi connectivity index (χ3v) is 4.16. The van der Waals surface area contributed by atoms with E-state index in [-0.39, 0.29) is 5.91 Å². The van der Waals surface area contributed by atoms with Gasteiger partial charge in [0.2, 0.25) is 5.91 Å². The van der Waals surface area contributed by atoms with E-state index in [0.29, 0.717) is 18.9 Å². The van der Waals surface area contributed by atoms with E-state index in [0.717, 1.165) is 28.1 Å². The minimum atomic E-state index is 0.129. The van der Waals surface area contributed by atoms with Crippen molar-refractivity contribution < 1.29 is 9.53 Å². The average Bonchev–Trinajstić information content (AvgIpc) is 2.87. The third kappa shape index (κ3) is 2.22. The van der Waals surface area contributed by atoms with Crippen molar-refractivity contribution in [1.82, 2.24) is 4.98 Å². The predicted octanol–water partition coefficient (Wildman–Crippen LogP) is 2.53. The molecule has 1 saturated heterocycles. The van der Waals surface area contributed by atoms with Gasteiger partial charge in [-0.05, 0) is 23.8 Å². The second kappa shape index (κ2) is 5.32. The number of pyridine rings is 1. The van der Waals surface area contributed by atoms with Crippen molar-refractivity contribution in [2.24, 2.45) is 5.92 Å². The number of fused-ring (bicyclic) bond motifs is 1. The van der Waals surface area contributed by atoms with Gasteiger partial charge in [0.25, 0.3) is 0 Å². The molecule has 1 fully saturated rings. The van der Waals surface area contributed by atoms with Crippen LogP contribution in [0.1, 0.15) is 6.42 Å². The van der Waals surface area contributed by atoms with E-state index in [1.165, 1.54) is 0 Å². The molecular formula is C15H16N2O2S. The SMILES string of the molecule is COc1cc(N2CC(CS)CC2=O)c2ncccc2c1. The molecule has 0 radical (unpaired) electrons. The standard InChI is InChI=1S/C15H16N2O2S/c1-19-12-6-11-3-2-4-16-15(11)13(7-12)17-8-10(9-20)5-14(17)18/h2-4,6-7,10,20H,5,8-9H2,1H3. The number of methoxy groups -OCH3 is 1. The zero-order valence-electron chi connectivity index (χ0n) is 11.2. The molecule has 1 aromatic carbocycles. The van der Waals surface area contributed by atoms with Gasteiger partial charge in [-0.25, -0.2) is 0 Å². The smallest absolute Gasteiger partial charge is 0.227 e. The summed E-state index contributed by atoms with van der Waals surface area (Å²) in [6.45, 7) is 0.696. The summed E-state index contributed by atoms with van der Waals surface area (Å²) in [5.41, 5.74) is 1.66. The molecular weight excluding hydrogens is 272 g/mol. The van der Waals surface area contributed by atoms with Gasteiger partial charge in [0, 0.05) is 30.6 Å². The lowest BCUT2D eigenvalue weighted by Crippen LogP contribution is -2.25. The predicted molar refractivity (Wildman–Crippen MR) is 82.6 cm³/mol. The highest BCUT2D eigenvalue weighted by Gasteiger charge is 2.31. The molecule has 4 nitrogen and oxygen atoms in total. The molecule has 1 amide bonds. The molecule has 0 saturated carbocycles. The fraction of sp³-hybridized carbons (Fsp3) is 0.333. The third-order valence-electron chi connectivity index (χ3n) is 3.65. The normalized spacial score (nSPS) is 18.8. The van der Waals surface area contributed by atoms with Crippen LogP contribution in [0.3, 0.4) is 0 Å². The van der Waals surface area contributed by atoms with E-state index in [9.17, 15) is 4.79 Å². The number of anilines is 1. The lowest BCUT2D eigenvalue weighted by atomic mass is 10.1. The first-order valence-corrected chi connectivity index (χ1v) is 7.20. The van der Waals surface area contributed by atoms with Crippen LogP contribution in [0.4, 0.5) is 5.69 Å². The van der Waals surface area contributed by atoms with Gasteiger partial charge in [-0.15, -0.1) is 0 Å². The number of hydrogen-bond acceptors (Lipinski definition) is 4. The summed E-state index contributed by atoms with van der Waals surface area (Å²) < 4.78 is 5.33. The van der Waals surface area contributed by atoms with Gasteiger partial charge >= 0.3 is 0 Å². The second-order valence-corrected chi connectivity index (χ2v) is 5.34. The highest BCUT2D eigenvalue weighted by Crippen LogP contribution is 2.34. The highest BCUT2D eigenvalue weighted by molar-refractivity contribution is 7.80. The van der Waals surface area contributed by atoms with Crippen molar-refractivity contribution in [2.45, 2.75) is 6.42 Å². The van der Waals surface area contributed by atoms with E-state index < -0.39 is 0 Å². The van der Waals surface area contributed by atoms with Crippen LogP contribution in [-0.2, 0) is 4.79 Å². The summed E-state index contributed by atoms with van der Waals surface area (Å²) in [6.07, 6.45) is 2.30. The Labute approximate surface area is 123 Å². The van der Waals surface area contributed by atoms with Crippen LogP contribution < -0.4 is 9.64 Å². The Hall–Kier alpha value is -1.75. The summed E-state index contributed by atoms with van der Waals surface area (Å²) in [7, 11) is 1.63. The number of carbonyl (C=O) groups excluding carboxylic acids is 1. The van der Waals surface area contributed by atoms with Crippen molar-refractivity contribution in [3.63, 3.8) is 0 Å². The van der Waals surface area contributed by atoms with Crippen LogP contribution in [0, 0.1) is 5.92 Å². The average molecular weight is 288 g/mol. The second-order valence-electron chi connectivity index (χ2n) is 4.98. The molecule has 2 heterocycles. The fourth-order valence-electron chi connectivity index (χ4n) is 2.61.